The lowest BCUT2D eigenvalue weighted by Gasteiger charge is -2.26. The van der Waals surface area contributed by atoms with Gasteiger partial charge in [0.25, 0.3) is 0 Å². The zero-order chi connectivity index (χ0) is 22.4. The summed E-state index contributed by atoms with van der Waals surface area (Å²) in [6, 6.07) is 21.7. The minimum Gasteiger partial charge on any atom is -0.496 e. The SMILES string of the molecule is CCN(CC)c1ccc(C(c2ccccc2)c2cc(Cl)ccc2OC)c(OC(C)=O)c1. The van der Waals surface area contributed by atoms with Crippen molar-refractivity contribution in [2.45, 2.75) is 26.7 Å². The van der Waals surface area contributed by atoms with Crippen LogP contribution >= 0.6 is 11.6 Å². The first kappa shape index (κ1) is 22.7. The third-order valence-corrected chi connectivity index (χ3v) is 5.56. The molecule has 0 saturated carbocycles. The highest BCUT2D eigenvalue weighted by Gasteiger charge is 2.25. The lowest BCUT2D eigenvalue weighted by molar-refractivity contribution is -0.131. The van der Waals surface area contributed by atoms with Crippen LogP contribution in [0.4, 0.5) is 5.69 Å². The summed E-state index contributed by atoms with van der Waals surface area (Å²) in [5.74, 6) is 0.672. The molecule has 0 saturated heterocycles. The number of anilines is 1. The predicted octanol–water partition coefficient (Wildman–Crippen LogP) is 6.30. The van der Waals surface area contributed by atoms with Gasteiger partial charge >= 0.3 is 5.97 Å². The molecule has 1 atom stereocenters. The van der Waals surface area contributed by atoms with Crippen molar-refractivity contribution < 1.29 is 14.3 Å². The van der Waals surface area contributed by atoms with E-state index in [0.29, 0.717) is 10.8 Å². The van der Waals surface area contributed by atoms with Crippen LogP contribution in [0.5, 0.6) is 11.5 Å². The van der Waals surface area contributed by atoms with Gasteiger partial charge in [-0.15, -0.1) is 0 Å². The Kier molecular flexibility index (Phi) is 7.59. The molecule has 0 aliphatic carbocycles. The van der Waals surface area contributed by atoms with Crippen molar-refractivity contribution in [3.05, 3.63) is 88.4 Å². The number of hydrogen-bond acceptors (Lipinski definition) is 4. The Labute approximate surface area is 189 Å². The van der Waals surface area contributed by atoms with Gasteiger partial charge in [-0.1, -0.05) is 48.0 Å². The highest BCUT2D eigenvalue weighted by atomic mass is 35.5. The van der Waals surface area contributed by atoms with Crippen molar-refractivity contribution >= 4 is 23.3 Å². The molecule has 1 unspecified atom stereocenters. The molecule has 0 radical (unpaired) electrons. The van der Waals surface area contributed by atoms with Gasteiger partial charge in [0.15, 0.2) is 0 Å². The van der Waals surface area contributed by atoms with Gasteiger partial charge in [-0.25, -0.2) is 0 Å². The highest BCUT2D eigenvalue weighted by molar-refractivity contribution is 6.30. The molecule has 31 heavy (non-hydrogen) atoms. The Bertz CT molecular complexity index is 1030. The molecule has 0 N–H and O–H groups in total. The first-order chi connectivity index (χ1) is 15.0. The second kappa shape index (κ2) is 10.4. The molecule has 0 aliphatic heterocycles. The summed E-state index contributed by atoms with van der Waals surface area (Å²) >= 11 is 6.37. The standard InChI is InChI=1S/C26H28ClNO3/c1-5-28(6-2)21-13-14-22(25(17-21)31-18(3)29)26(19-10-8-7-9-11-19)23-16-20(27)12-15-24(23)30-4/h7-17,26H,5-6H2,1-4H3. The summed E-state index contributed by atoms with van der Waals surface area (Å²) < 4.78 is 11.4. The van der Waals surface area contributed by atoms with E-state index in [4.69, 9.17) is 21.1 Å². The van der Waals surface area contributed by atoms with Crippen LogP contribution < -0.4 is 14.4 Å². The number of carbonyl (C=O) groups is 1. The molecule has 0 aromatic heterocycles. The minimum absolute atomic E-state index is 0.227. The zero-order valence-electron chi connectivity index (χ0n) is 18.4. The summed E-state index contributed by atoms with van der Waals surface area (Å²) in [5.41, 5.74) is 3.84. The third kappa shape index (κ3) is 5.20. The van der Waals surface area contributed by atoms with Crippen LogP contribution in [-0.2, 0) is 4.79 Å². The van der Waals surface area contributed by atoms with Crippen LogP contribution in [0, 0.1) is 0 Å². The number of methoxy groups -OCH3 is 1. The van der Waals surface area contributed by atoms with Crippen LogP contribution in [0.25, 0.3) is 0 Å². The van der Waals surface area contributed by atoms with E-state index < -0.39 is 0 Å². The lowest BCUT2D eigenvalue weighted by atomic mass is 9.84. The van der Waals surface area contributed by atoms with Gasteiger partial charge in [0.2, 0.25) is 0 Å². The zero-order valence-corrected chi connectivity index (χ0v) is 19.1. The summed E-state index contributed by atoms with van der Waals surface area (Å²) in [5, 5.41) is 0.616. The van der Waals surface area contributed by atoms with Crippen LogP contribution in [0.1, 0.15) is 43.4 Å². The smallest absolute Gasteiger partial charge is 0.308 e. The molecule has 0 amide bonds. The van der Waals surface area contributed by atoms with Crippen molar-refractivity contribution in [2.24, 2.45) is 0 Å². The predicted molar refractivity (Wildman–Crippen MR) is 127 cm³/mol. The average Bonchev–Trinajstić information content (AvgIpc) is 2.77. The van der Waals surface area contributed by atoms with Crippen LogP contribution in [0.15, 0.2) is 66.7 Å². The maximum atomic E-state index is 12.0. The Morgan fingerprint density at radius 2 is 1.65 bits per heavy atom. The van der Waals surface area contributed by atoms with E-state index in [1.807, 2.05) is 48.5 Å². The van der Waals surface area contributed by atoms with Crippen molar-refractivity contribution in [1.82, 2.24) is 0 Å². The van der Waals surface area contributed by atoms with E-state index in [-0.39, 0.29) is 11.9 Å². The van der Waals surface area contributed by atoms with Crippen molar-refractivity contribution in [3.63, 3.8) is 0 Å². The number of halogens is 1. The van der Waals surface area contributed by atoms with Crippen molar-refractivity contribution in [2.75, 3.05) is 25.1 Å². The molecule has 3 aromatic rings. The largest absolute Gasteiger partial charge is 0.496 e. The van der Waals surface area contributed by atoms with Crippen molar-refractivity contribution in [1.29, 1.82) is 0 Å². The first-order valence-corrected chi connectivity index (χ1v) is 10.8. The molecular weight excluding hydrogens is 410 g/mol. The molecule has 3 aromatic carbocycles. The molecule has 4 nitrogen and oxygen atoms in total. The number of carbonyl (C=O) groups excluding carboxylic acids is 1. The van der Waals surface area contributed by atoms with E-state index >= 15 is 0 Å². The maximum Gasteiger partial charge on any atom is 0.308 e. The number of nitrogens with zero attached hydrogens (tertiary/aromatic N) is 1. The monoisotopic (exact) mass is 437 g/mol. The number of benzene rings is 3. The average molecular weight is 438 g/mol. The molecule has 162 valence electrons. The molecular formula is C26H28ClNO3. The van der Waals surface area contributed by atoms with Crippen LogP contribution in [0.2, 0.25) is 5.02 Å². The van der Waals surface area contributed by atoms with E-state index in [1.165, 1.54) is 6.92 Å². The van der Waals surface area contributed by atoms with Gasteiger partial charge in [-0.05, 0) is 43.7 Å². The van der Waals surface area contributed by atoms with Gasteiger partial charge < -0.3 is 14.4 Å². The topological polar surface area (TPSA) is 38.8 Å². The fourth-order valence-corrected chi connectivity index (χ4v) is 4.07. The number of hydrogen-bond donors (Lipinski definition) is 0. The summed E-state index contributed by atoms with van der Waals surface area (Å²) in [6.45, 7) is 7.35. The normalized spacial score (nSPS) is 11.6. The molecule has 0 fully saturated rings. The van der Waals surface area contributed by atoms with Gasteiger partial charge in [0, 0.05) is 53.8 Å². The van der Waals surface area contributed by atoms with E-state index in [9.17, 15) is 4.79 Å². The maximum absolute atomic E-state index is 12.0. The second-order valence-electron chi connectivity index (χ2n) is 7.22. The summed E-state index contributed by atoms with van der Waals surface area (Å²) in [6.07, 6.45) is 0. The molecule has 3 rings (SSSR count). The number of rotatable bonds is 8. The third-order valence-electron chi connectivity index (χ3n) is 5.33. The van der Waals surface area contributed by atoms with E-state index in [2.05, 4.69) is 36.9 Å². The van der Waals surface area contributed by atoms with E-state index in [1.54, 1.807) is 7.11 Å². The molecule has 0 bridgehead atoms. The Morgan fingerprint density at radius 3 is 2.26 bits per heavy atom. The number of ether oxygens (including phenoxy) is 2. The highest BCUT2D eigenvalue weighted by Crippen LogP contribution is 2.43. The Hall–Kier alpha value is -2.98. The minimum atomic E-state index is -0.359. The second-order valence-corrected chi connectivity index (χ2v) is 7.65. The quantitative estimate of drug-likeness (QED) is 0.235. The molecule has 0 spiro atoms. The van der Waals surface area contributed by atoms with Crippen LogP contribution in [0.3, 0.4) is 0 Å². The van der Waals surface area contributed by atoms with Crippen LogP contribution in [-0.4, -0.2) is 26.2 Å². The molecule has 0 heterocycles. The fraction of sp³-hybridized carbons (Fsp3) is 0.269. The first-order valence-electron chi connectivity index (χ1n) is 10.4. The van der Waals surface area contributed by atoms with Gasteiger partial charge in [0.1, 0.15) is 11.5 Å². The van der Waals surface area contributed by atoms with Crippen molar-refractivity contribution in [3.8, 4) is 11.5 Å². The lowest BCUT2D eigenvalue weighted by Crippen LogP contribution is -2.22. The molecule has 0 aliphatic rings. The van der Waals surface area contributed by atoms with Gasteiger partial charge in [-0.3, -0.25) is 4.79 Å². The van der Waals surface area contributed by atoms with Gasteiger partial charge in [0.05, 0.1) is 7.11 Å². The summed E-state index contributed by atoms with van der Waals surface area (Å²) in [4.78, 5) is 14.2. The summed E-state index contributed by atoms with van der Waals surface area (Å²) in [7, 11) is 1.64. The Morgan fingerprint density at radius 1 is 0.935 bits per heavy atom. The van der Waals surface area contributed by atoms with Gasteiger partial charge in [-0.2, -0.15) is 0 Å². The number of esters is 1. The van der Waals surface area contributed by atoms with E-state index in [0.717, 1.165) is 41.2 Å². The Balaban J connectivity index is 2.26. The molecule has 5 heteroatoms. The fourth-order valence-electron chi connectivity index (χ4n) is 3.89.